The summed E-state index contributed by atoms with van der Waals surface area (Å²) in [5, 5.41) is 5.50. The third kappa shape index (κ3) is 1.27. The first-order valence-corrected chi connectivity index (χ1v) is 3.86. The van der Waals surface area contributed by atoms with Crippen molar-refractivity contribution in [1.82, 2.24) is 5.01 Å². The highest BCUT2D eigenvalue weighted by atomic mass is 16.2. The predicted molar refractivity (Wildman–Crippen MR) is 44.2 cm³/mol. The highest BCUT2D eigenvalue weighted by Crippen LogP contribution is 2.21. The van der Waals surface area contributed by atoms with E-state index in [-0.39, 0.29) is 11.8 Å². The van der Waals surface area contributed by atoms with Gasteiger partial charge < -0.3 is 0 Å². The van der Waals surface area contributed by atoms with E-state index in [9.17, 15) is 4.79 Å². The van der Waals surface area contributed by atoms with Crippen molar-refractivity contribution in [3.63, 3.8) is 0 Å². The average molecular weight is 154 g/mol. The summed E-state index contributed by atoms with van der Waals surface area (Å²) in [7, 11) is 1.70. The molecule has 0 saturated carbocycles. The first-order chi connectivity index (χ1) is 5.04. The molecule has 1 rings (SSSR count). The first kappa shape index (κ1) is 8.24. The Morgan fingerprint density at radius 2 is 2.09 bits per heavy atom. The normalized spacial score (nSPS) is 24.8. The minimum atomic E-state index is 0.0139. The molecule has 0 aromatic heterocycles. The second-order valence-corrected chi connectivity index (χ2v) is 3.32. The summed E-state index contributed by atoms with van der Waals surface area (Å²) in [6, 6.07) is 0. The molecule has 0 N–H and O–H groups in total. The van der Waals surface area contributed by atoms with Gasteiger partial charge in [0.25, 0.3) is 5.91 Å². The number of carbonyl (C=O) groups excluding carboxylic acids is 1. The molecule has 1 unspecified atom stereocenters. The molecule has 1 atom stereocenters. The van der Waals surface area contributed by atoms with E-state index in [0.717, 1.165) is 5.71 Å². The molecule has 3 nitrogen and oxygen atoms in total. The van der Waals surface area contributed by atoms with Gasteiger partial charge in [0, 0.05) is 12.8 Å². The van der Waals surface area contributed by atoms with E-state index in [1.54, 1.807) is 7.05 Å². The van der Waals surface area contributed by atoms with E-state index in [1.165, 1.54) is 5.01 Å². The summed E-state index contributed by atoms with van der Waals surface area (Å²) in [4.78, 5) is 11.4. The standard InChI is InChI=1S/C8H14N2O/c1-5(2)7-6(3)9-10(4)8(7)11/h5,7H,1-4H3. The molecule has 62 valence electrons. The van der Waals surface area contributed by atoms with Crippen LogP contribution in [0, 0.1) is 11.8 Å². The smallest absolute Gasteiger partial charge is 0.251 e. The van der Waals surface area contributed by atoms with Crippen molar-refractivity contribution < 1.29 is 4.79 Å². The van der Waals surface area contributed by atoms with E-state index < -0.39 is 0 Å². The Hall–Kier alpha value is -0.860. The van der Waals surface area contributed by atoms with Crippen molar-refractivity contribution in [3.05, 3.63) is 0 Å². The van der Waals surface area contributed by atoms with Crippen LogP contribution in [0.2, 0.25) is 0 Å². The van der Waals surface area contributed by atoms with Crippen LogP contribution in [0.5, 0.6) is 0 Å². The fourth-order valence-electron chi connectivity index (χ4n) is 1.50. The molecule has 1 heterocycles. The maximum absolute atomic E-state index is 11.4. The summed E-state index contributed by atoms with van der Waals surface area (Å²) in [6.07, 6.45) is 0. The largest absolute Gasteiger partial charge is 0.272 e. The topological polar surface area (TPSA) is 32.7 Å². The van der Waals surface area contributed by atoms with Crippen molar-refractivity contribution in [2.75, 3.05) is 7.05 Å². The van der Waals surface area contributed by atoms with Gasteiger partial charge in [0.1, 0.15) is 0 Å². The summed E-state index contributed by atoms with van der Waals surface area (Å²) < 4.78 is 0. The molecule has 11 heavy (non-hydrogen) atoms. The number of carbonyl (C=O) groups is 1. The summed E-state index contributed by atoms with van der Waals surface area (Å²) in [6.45, 7) is 5.99. The molecule has 0 aromatic carbocycles. The molecule has 3 heteroatoms. The second-order valence-electron chi connectivity index (χ2n) is 3.32. The SMILES string of the molecule is CC1=NN(C)C(=O)C1C(C)C. The molecule has 0 bridgehead atoms. The molecule has 0 spiro atoms. The number of hydrazone groups is 1. The zero-order valence-corrected chi connectivity index (χ0v) is 7.46. The quantitative estimate of drug-likeness (QED) is 0.556. The van der Waals surface area contributed by atoms with Crippen molar-refractivity contribution in [3.8, 4) is 0 Å². The molecule has 0 aromatic rings. The van der Waals surface area contributed by atoms with Gasteiger partial charge in [-0.2, -0.15) is 5.10 Å². The predicted octanol–water partition coefficient (Wildman–Crippen LogP) is 1.11. The van der Waals surface area contributed by atoms with Crippen molar-refractivity contribution >= 4 is 11.6 Å². The molecule has 0 fully saturated rings. The van der Waals surface area contributed by atoms with E-state index in [0.29, 0.717) is 5.92 Å². The Labute approximate surface area is 67.1 Å². The molecular formula is C8H14N2O. The van der Waals surface area contributed by atoms with Gasteiger partial charge in [0.15, 0.2) is 0 Å². The summed E-state index contributed by atoms with van der Waals surface area (Å²) in [5.74, 6) is 0.494. The number of amides is 1. The molecule has 1 aliphatic heterocycles. The Kier molecular flexibility index (Phi) is 1.98. The van der Waals surface area contributed by atoms with Gasteiger partial charge in [-0.15, -0.1) is 0 Å². The maximum Gasteiger partial charge on any atom is 0.251 e. The van der Waals surface area contributed by atoms with Crippen LogP contribution in [-0.4, -0.2) is 23.7 Å². The minimum Gasteiger partial charge on any atom is -0.272 e. The van der Waals surface area contributed by atoms with E-state index in [1.807, 2.05) is 20.8 Å². The van der Waals surface area contributed by atoms with Crippen LogP contribution in [0.15, 0.2) is 5.10 Å². The number of nitrogens with zero attached hydrogens (tertiary/aromatic N) is 2. The molecule has 0 aliphatic carbocycles. The van der Waals surface area contributed by atoms with Crippen LogP contribution in [-0.2, 0) is 4.79 Å². The fraction of sp³-hybridized carbons (Fsp3) is 0.750. The summed E-state index contributed by atoms with van der Waals surface area (Å²) in [5.41, 5.74) is 0.938. The average Bonchev–Trinajstić information content (AvgIpc) is 2.07. The summed E-state index contributed by atoms with van der Waals surface area (Å²) >= 11 is 0. The van der Waals surface area contributed by atoms with Gasteiger partial charge in [0.05, 0.1) is 5.92 Å². The highest BCUT2D eigenvalue weighted by molar-refractivity contribution is 6.06. The lowest BCUT2D eigenvalue weighted by Gasteiger charge is -2.12. The van der Waals surface area contributed by atoms with Crippen LogP contribution in [0.1, 0.15) is 20.8 Å². The van der Waals surface area contributed by atoms with Crippen LogP contribution in [0.25, 0.3) is 0 Å². The highest BCUT2D eigenvalue weighted by Gasteiger charge is 2.33. The van der Waals surface area contributed by atoms with Gasteiger partial charge >= 0.3 is 0 Å². The lowest BCUT2D eigenvalue weighted by atomic mass is 9.92. The van der Waals surface area contributed by atoms with Crippen LogP contribution in [0.4, 0.5) is 0 Å². The van der Waals surface area contributed by atoms with Gasteiger partial charge in [0.2, 0.25) is 0 Å². The number of rotatable bonds is 1. The van der Waals surface area contributed by atoms with Gasteiger partial charge in [-0.05, 0) is 12.8 Å². The molecule has 0 saturated heterocycles. The van der Waals surface area contributed by atoms with Gasteiger partial charge in [-0.3, -0.25) is 4.79 Å². The van der Waals surface area contributed by atoms with Crippen molar-refractivity contribution in [1.29, 1.82) is 0 Å². The minimum absolute atomic E-state index is 0.0139. The molecule has 1 amide bonds. The zero-order chi connectivity index (χ0) is 8.59. The Balaban J connectivity index is 2.83. The van der Waals surface area contributed by atoms with Crippen LogP contribution >= 0.6 is 0 Å². The van der Waals surface area contributed by atoms with Crippen molar-refractivity contribution in [2.45, 2.75) is 20.8 Å². The van der Waals surface area contributed by atoms with Crippen LogP contribution in [0.3, 0.4) is 0 Å². The molecule has 0 radical (unpaired) electrons. The van der Waals surface area contributed by atoms with Gasteiger partial charge in [-0.1, -0.05) is 13.8 Å². The third-order valence-electron chi connectivity index (χ3n) is 2.01. The van der Waals surface area contributed by atoms with Gasteiger partial charge in [-0.25, -0.2) is 5.01 Å². The van der Waals surface area contributed by atoms with Crippen molar-refractivity contribution in [2.24, 2.45) is 16.9 Å². The first-order valence-electron chi connectivity index (χ1n) is 3.86. The Bertz CT molecular complexity index is 208. The molecular weight excluding hydrogens is 140 g/mol. The number of hydrogen-bond donors (Lipinski definition) is 0. The maximum atomic E-state index is 11.4. The van der Waals surface area contributed by atoms with E-state index in [4.69, 9.17) is 0 Å². The molecule has 1 aliphatic rings. The second kappa shape index (κ2) is 2.64. The number of hydrogen-bond acceptors (Lipinski definition) is 2. The zero-order valence-electron chi connectivity index (χ0n) is 7.46. The lowest BCUT2D eigenvalue weighted by Crippen LogP contribution is -2.27. The fourth-order valence-corrected chi connectivity index (χ4v) is 1.50. The Morgan fingerprint density at radius 1 is 1.55 bits per heavy atom. The lowest BCUT2D eigenvalue weighted by molar-refractivity contribution is -0.131. The third-order valence-corrected chi connectivity index (χ3v) is 2.01. The van der Waals surface area contributed by atoms with E-state index >= 15 is 0 Å². The van der Waals surface area contributed by atoms with Crippen LogP contribution < -0.4 is 0 Å². The monoisotopic (exact) mass is 154 g/mol. The van der Waals surface area contributed by atoms with E-state index in [2.05, 4.69) is 5.10 Å². The Morgan fingerprint density at radius 3 is 2.27 bits per heavy atom.